The molecule has 12 heavy (non-hydrogen) atoms. The van der Waals surface area contributed by atoms with E-state index in [1.807, 2.05) is 0 Å². The maximum Gasteiger partial charge on any atom is 0.0107 e. The van der Waals surface area contributed by atoms with Gasteiger partial charge in [0, 0.05) is 6.04 Å². The molecule has 2 saturated heterocycles. The Labute approximate surface area is 75.1 Å². The van der Waals surface area contributed by atoms with Crippen molar-refractivity contribution in [3.8, 4) is 0 Å². The molecule has 0 radical (unpaired) electrons. The van der Waals surface area contributed by atoms with Gasteiger partial charge in [0.1, 0.15) is 0 Å². The fraction of sp³-hybridized carbons (Fsp3) is 1.00. The first-order chi connectivity index (χ1) is 5.97. The molecule has 2 aliphatic heterocycles. The first-order valence-electron chi connectivity index (χ1n) is 5.41. The molecule has 0 unspecified atom stereocenters. The van der Waals surface area contributed by atoms with Crippen molar-refractivity contribution in [3.63, 3.8) is 0 Å². The van der Waals surface area contributed by atoms with Crippen LogP contribution in [0.2, 0.25) is 0 Å². The first kappa shape index (κ1) is 8.52. The van der Waals surface area contributed by atoms with Gasteiger partial charge in [-0.15, -0.1) is 0 Å². The van der Waals surface area contributed by atoms with Gasteiger partial charge in [0.05, 0.1) is 0 Å². The summed E-state index contributed by atoms with van der Waals surface area (Å²) in [7, 11) is 0. The largest absolute Gasteiger partial charge is 0.316 e. The van der Waals surface area contributed by atoms with Gasteiger partial charge in [-0.05, 0) is 51.2 Å². The summed E-state index contributed by atoms with van der Waals surface area (Å²) in [5.74, 6) is 0.916. The molecule has 0 amide bonds. The van der Waals surface area contributed by atoms with E-state index in [1.165, 1.54) is 51.7 Å². The molecule has 2 heterocycles. The summed E-state index contributed by atoms with van der Waals surface area (Å²) in [5.41, 5.74) is 0. The molecular weight excluding hydrogens is 148 g/mol. The predicted octanol–water partition coefficient (Wildman–Crippen LogP) is 1.13. The summed E-state index contributed by atoms with van der Waals surface area (Å²) in [6, 6.07) is 0.826. The zero-order valence-electron chi connectivity index (χ0n) is 7.81. The molecule has 70 valence electrons. The molecule has 0 spiro atoms. The number of hydrogen-bond donors (Lipinski definition) is 2. The van der Waals surface area contributed by atoms with E-state index in [4.69, 9.17) is 0 Å². The number of hydrogen-bond acceptors (Lipinski definition) is 2. The minimum atomic E-state index is 0.826. The highest BCUT2D eigenvalue weighted by Crippen LogP contribution is 2.20. The van der Waals surface area contributed by atoms with E-state index in [2.05, 4.69) is 10.6 Å². The van der Waals surface area contributed by atoms with Crippen LogP contribution in [-0.2, 0) is 0 Å². The maximum absolute atomic E-state index is 3.65. The third-order valence-corrected chi connectivity index (χ3v) is 3.25. The van der Waals surface area contributed by atoms with Gasteiger partial charge in [-0.3, -0.25) is 0 Å². The molecule has 2 fully saturated rings. The summed E-state index contributed by atoms with van der Waals surface area (Å²) in [4.78, 5) is 0. The molecule has 2 N–H and O–H groups in total. The Morgan fingerprint density at radius 2 is 1.92 bits per heavy atom. The topological polar surface area (TPSA) is 24.1 Å². The summed E-state index contributed by atoms with van der Waals surface area (Å²) in [5, 5.41) is 7.14. The lowest BCUT2D eigenvalue weighted by Gasteiger charge is -2.34. The lowest BCUT2D eigenvalue weighted by Crippen LogP contribution is -2.46. The van der Waals surface area contributed by atoms with E-state index in [0.717, 1.165) is 12.0 Å². The standard InChI is InChI=1S/C10H20N2/c1-2-7-12-10(5-1)9-4-3-6-11-8-9/h9-12H,1-8H2/t9-,10+/m1/s1. The normalized spacial score (nSPS) is 38.0. The van der Waals surface area contributed by atoms with Crippen molar-refractivity contribution in [1.29, 1.82) is 0 Å². The zero-order valence-corrected chi connectivity index (χ0v) is 7.81. The van der Waals surface area contributed by atoms with E-state index in [0.29, 0.717) is 0 Å². The fourth-order valence-electron chi connectivity index (χ4n) is 2.50. The van der Waals surface area contributed by atoms with Gasteiger partial charge < -0.3 is 10.6 Å². The minimum Gasteiger partial charge on any atom is -0.316 e. The van der Waals surface area contributed by atoms with Gasteiger partial charge in [-0.2, -0.15) is 0 Å². The molecule has 2 aliphatic rings. The second-order valence-corrected chi connectivity index (χ2v) is 4.16. The van der Waals surface area contributed by atoms with Crippen LogP contribution in [-0.4, -0.2) is 25.7 Å². The molecule has 0 aromatic carbocycles. The molecular formula is C10H20N2. The summed E-state index contributed by atoms with van der Waals surface area (Å²) in [6.45, 7) is 3.74. The highest BCUT2D eigenvalue weighted by atomic mass is 15.0. The van der Waals surface area contributed by atoms with Crippen molar-refractivity contribution < 1.29 is 0 Å². The molecule has 0 bridgehead atoms. The average Bonchev–Trinajstić information content (AvgIpc) is 2.21. The van der Waals surface area contributed by atoms with Crippen LogP contribution in [0.15, 0.2) is 0 Å². The summed E-state index contributed by atoms with van der Waals surface area (Å²) in [6.07, 6.45) is 7.05. The predicted molar refractivity (Wildman–Crippen MR) is 51.2 cm³/mol. The van der Waals surface area contributed by atoms with Crippen LogP contribution in [0.5, 0.6) is 0 Å². The van der Waals surface area contributed by atoms with E-state index in [1.54, 1.807) is 0 Å². The zero-order chi connectivity index (χ0) is 8.23. The first-order valence-corrected chi connectivity index (χ1v) is 5.41. The van der Waals surface area contributed by atoms with E-state index >= 15 is 0 Å². The maximum atomic E-state index is 3.65. The SMILES string of the molecule is C1CC[C@@H]([C@@H]2CCCNC2)NC1. The Morgan fingerprint density at radius 3 is 2.58 bits per heavy atom. The molecule has 2 heteroatoms. The second kappa shape index (κ2) is 4.24. The van der Waals surface area contributed by atoms with Crippen LogP contribution in [0.25, 0.3) is 0 Å². The quantitative estimate of drug-likeness (QED) is 0.613. The fourth-order valence-corrected chi connectivity index (χ4v) is 2.50. The number of rotatable bonds is 1. The van der Waals surface area contributed by atoms with Crippen molar-refractivity contribution >= 4 is 0 Å². The highest BCUT2D eigenvalue weighted by Gasteiger charge is 2.24. The molecule has 2 nitrogen and oxygen atoms in total. The highest BCUT2D eigenvalue weighted by molar-refractivity contribution is 4.83. The third kappa shape index (κ3) is 1.99. The summed E-state index contributed by atoms with van der Waals surface area (Å²) < 4.78 is 0. The monoisotopic (exact) mass is 168 g/mol. The van der Waals surface area contributed by atoms with Crippen molar-refractivity contribution in [1.82, 2.24) is 10.6 Å². The van der Waals surface area contributed by atoms with Gasteiger partial charge in [0.15, 0.2) is 0 Å². The van der Waals surface area contributed by atoms with Gasteiger partial charge in [0.2, 0.25) is 0 Å². The van der Waals surface area contributed by atoms with Gasteiger partial charge in [0.25, 0.3) is 0 Å². The Kier molecular flexibility index (Phi) is 3.01. The molecule has 2 rings (SSSR count). The Morgan fingerprint density at radius 1 is 0.917 bits per heavy atom. The van der Waals surface area contributed by atoms with E-state index < -0.39 is 0 Å². The Balaban J connectivity index is 1.80. The molecule has 0 aromatic rings. The van der Waals surface area contributed by atoms with Crippen LogP contribution in [0.4, 0.5) is 0 Å². The van der Waals surface area contributed by atoms with Gasteiger partial charge in [-0.1, -0.05) is 6.42 Å². The number of piperidine rings is 2. The van der Waals surface area contributed by atoms with Crippen molar-refractivity contribution in [2.24, 2.45) is 5.92 Å². The van der Waals surface area contributed by atoms with Crippen LogP contribution in [0.1, 0.15) is 32.1 Å². The Bertz CT molecular complexity index is 108. The average molecular weight is 168 g/mol. The van der Waals surface area contributed by atoms with Gasteiger partial charge in [-0.25, -0.2) is 0 Å². The third-order valence-electron chi connectivity index (χ3n) is 3.25. The number of nitrogens with one attached hydrogen (secondary N) is 2. The Hall–Kier alpha value is -0.0800. The van der Waals surface area contributed by atoms with Crippen LogP contribution < -0.4 is 10.6 Å². The molecule has 2 atom stereocenters. The van der Waals surface area contributed by atoms with E-state index in [9.17, 15) is 0 Å². The summed E-state index contributed by atoms with van der Waals surface area (Å²) >= 11 is 0. The second-order valence-electron chi connectivity index (χ2n) is 4.16. The molecule has 0 aromatic heterocycles. The van der Waals surface area contributed by atoms with E-state index in [-0.39, 0.29) is 0 Å². The van der Waals surface area contributed by atoms with Crippen LogP contribution in [0.3, 0.4) is 0 Å². The van der Waals surface area contributed by atoms with Crippen LogP contribution in [0, 0.1) is 5.92 Å². The smallest absolute Gasteiger partial charge is 0.0107 e. The van der Waals surface area contributed by atoms with Crippen molar-refractivity contribution in [2.75, 3.05) is 19.6 Å². The lowest BCUT2D eigenvalue weighted by atomic mass is 9.87. The van der Waals surface area contributed by atoms with Crippen molar-refractivity contribution in [2.45, 2.75) is 38.1 Å². The molecule has 0 aliphatic carbocycles. The van der Waals surface area contributed by atoms with Gasteiger partial charge >= 0.3 is 0 Å². The van der Waals surface area contributed by atoms with Crippen molar-refractivity contribution in [3.05, 3.63) is 0 Å². The van der Waals surface area contributed by atoms with Crippen LogP contribution >= 0.6 is 0 Å². The minimum absolute atomic E-state index is 0.826. The lowest BCUT2D eigenvalue weighted by molar-refractivity contribution is 0.247. The molecule has 0 saturated carbocycles.